The first-order valence-electron chi connectivity index (χ1n) is 6.39. The maximum Gasteiger partial charge on any atom is 0.407 e. The number of nitrogens with two attached hydrogens (primary N) is 1. The lowest BCUT2D eigenvalue weighted by atomic mass is 9.98. The van der Waals surface area contributed by atoms with Crippen molar-refractivity contribution in [3.8, 4) is 5.75 Å². The molecule has 0 bridgehead atoms. The molecule has 112 valence electrons. The quantitative estimate of drug-likeness (QED) is 0.783. The maximum atomic E-state index is 11.6. The summed E-state index contributed by atoms with van der Waals surface area (Å²) in [5.41, 5.74) is 5.87. The highest BCUT2D eigenvalue weighted by Crippen LogP contribution is 2.32. The number of ether oxygens (including phenoxy) is 1. The summed E-state index contributed by atoms with van der Waals surface area (Å²) < 4.78 is 5.76. The number of nitrogens with one attached hydrogen (secondary N) is 1. The zero-order valence-corrected chi connectivity index (χ0v) is 13.5. The second-order valence-electron chi connectivity index (χ2n) is 5.49. The molecule has 0 fully saturated rings. The lowest BCUT2D eigenvalue weighted by molar-refractivity contribution is 0.0524. The SMILES string of the molecule is CC(C)(C)OC(=O)NCC(CN)c1cccc(Br)c1O. The number of phenols is 1. The Morgan fingerprint density at radius 2 is 2.15 bits per heavy atom. The van der Waals surface area contributed by atoms with Crippen molar-refractivity contribution >= 4 is 22.0 Å². The Labute approximate surface area is 127 Å². The number of para-hydroxylation sites is 1. The molecule has 6 heteroatoms. The third kappa shape index (κ3) is 5.02. The van der Waals surface area contributed by atoms with E-state index in [2.05, 4.69) is 21.2 Å². The third-order valence-corrected chi connectivity index (χ3v) is 3.27. The number of halogens is 1. The molecule has 0 aromatic heterocycles. The van der Waals surface area contributed by atoms with Gasteiger partial charge in [0, 0.05) is 24.6 Å². The van der Waals surface area contributed by atoms with Crippen LogP contribution in [0.25, 0.3) is 0 Å². The summed E-state index contributed by atoms with van der Waals surface area (Å²) in [4.78, 5) is 11.6. The van der Waals surface area contributed by atoms with Crippen LogP contribution in [0.5, 0.6) is 5.75 Å². The van der Waals surface area contributed by atoms with E-state index in [0.29, 0.717) is 23.1 Å². The molecular formula is C14H21BrN2O3. The van der Waals surface area contributed by atoms with Gasteiger partial charge in [-0.1, -0.05) is 12.1 Å². The van der Waals surface area contributed by atoms with Crippen LogP contribution in [0.3, 0.4) is 0 Å². The molecule has 4 N–H and O–H groups in total. The van der Waals surface area contributed by atoms with Crippen LogP contribution in [0, 0.1) is 0 Å². The number of aromatic hydroxyl groups is 1. The first-order chi connectivity index (χ1) is 9.24. The van der Waals surface area contributed by atoms with E-state index in [1.54, 1.807) is 32.9 Å². The number of rotatable bonds is 4. The van der Waals surface area contributed by atoms with Crippen LogP contribution < -0.4 is 11.1 Å². The molecule has 0 saturated heterocycles. The molecule has 0 radical (unpaired) electrons. The fourth-order valence-electron chi connectivity index (χ4n) is 1.70. The predicted octanol–water partition coefficient (Wildman–Crippen LogP) is 2.72. The molecule has 0 saturated carbocycles. The summed E-state index contributed by atoms with van der Waals surface area (Å²) in [6.45, 7) is 6.00. The van der Waals surface area contributed by atoms with Crippen LogP contribution in [-0.2, 0) is 4.74 Å². The van der Waals surface area contributed by atoms with Crippen molar-refractivity contribution in [2.24, 2.45) is 5.73 Å². The van der Waals surface area contributed by atoms with Crippen LogP contribution in [-0.4, -0.2) is 29.9 Å². The third-order valence-electron chi connectivity index (χ3n) is 2.63. The molecular weight excluding hydrogens is 324 g/mol. The topological polar surface area (TPSA) is 84.6 Å². The molecule has 1 atom stereocenters. The van der Waals surface area contributed by atoms with Gasteiger partial charge in [-0.3, -0.25) is 0 Å². The van der Waals surface area contributed by atoms with Gasteiger partial charge in [-0.05, 0) is 42.8 Å². The Bertz CT molecular complexity index is 472. The highest BCUT2D eigenvalue weighted by molar-refractivity contribution is 9.10. The van der Waals surface area contributed by atoms with Gasteiger partial charge < -0.3 is 20.9 Å². The molecule has 0 spiro atoms. The van der Waals surface area contributed by atoms with Gasteiger partial charge >= 0.3 is 6.09 Å². The molecule has 20 heavy (non-hydrogen) atoms. The highest BCUT2D eigenvalue weighted by atomic mass is 79.9. The number of hydrogen-bond donors (Lipinski definition) is 3. The zero-order chi connectivity index (χ0) is 15.3. The van der Waals surface area contributed by atoms with Crippen LogP contribution in [0.15, 0.2) is 22.7 Å². The van der Waals surface area contributed by atoms with E-state index in [1.165, 1.54) is 0 Å². The highest BCUT2D eigenvalue weighted by Gasteiger charge is 2.19. The normalized spacial score (nSPS) is 12.8. The second-order valence-corrected chi connectivity index (χ2v) is 6.35. The number of carbonyl (C=O) groups excluding carboxylic acids is 1. The minimum Gasteiger partial charge on any atom is -0.506 e. The average Bonchev–Trinajstić information content (AvgIpc) is 2.32. The number of amides is 1. The first-order valence-corrected chi connectivity index (χ1v) is 7.18. The molecule has 1 unspecified atom stereocenters. The summed E-state index contributed by atoms with van der Waals surface area (Å²) in [5.74, 6) is -0.0334. The van der Waals surface area contributed by atoms with Crippen molar-refractivity contribution in [3.05, 3.63) is 28.2 Å². The van der Waals surface area contributed by atoms with Crippen molar-refractivity contribution in [1.82, 2.24) is 5.32 Å². The minimum absolute atomic E-state index is 0.147. The Morgan fingerprint density at radius 1 is 1.50 bits per heavy atom. The number of carbonyl (C=O) groups is 1. The van der Waals surface area contributed by atoms with Crippen molar-refractivity contribution < 1.29 is 14.6 Å². The Balaban J connectivity index is 2.69. The van der Waals surface area contributed by atoms with Crippen LogP contribution in [0.1, 0.15) is 32.3 Å². The Morgan fingerprint density at radius 3 is 2.70 bits per heavy atom. The monoisotopic (exact) mass is 344 g/mol. The van der Waals surface area contributed by atoms with E-state index < -0.39 is 11.7 Å². The Hall–Kier alpha value is -1.27. The van der Waals surface area contributed by atoms with E-state index in [9.17, 15) is 9.90 Å². The first kappa shape index (κ1) is 16.8. The van der Waals surface area contributed by atoms with Crippen LogP contribution >= 0.6 is 15.9 Å². The van der Waals surface area contributed by atoms with E-state index in [1.807, 2.05) is 6.07 Å². The van der Waals surface area contributed by atoms with E-state index in [-0.39, 0.29) is 11.7 Å². The summed E-state index contributed by atoms with van der Waals surface area (Å²) in [6.07, 6.45) is -0.495. The molecule has 1 rings (SSSR count). The second kappa shape index (κ2) is 6.95. The molecule has 0 heterocycles. The van der Waals surface area contributed by atoms with E-state index in [4.69, 9.17) is 10.5 Å². The number of hydrogen-bond acceptors (Lipinski definition) is 4. The summed E-state index contributed by atoms with van der Waals surface area (Å²) in [7, 11) is 0. The molecule has 1 amide bonds. The van der Waals surface area contributed by atoms with Gasteiger partial charge in [-0.2, -0.15) is 0 Å². The van der Waals surface area contributed by atoms with Crippen molar-refractivity contribution in [2.75, 3.05) is 13.1 Å². The van der Waals surface area contributed by atoms with Gasteiger partial charge in [0.2, 0.25) is 0 Å². The average molecular weight is 345 g/mol. The van der Waals surface area contributed by atoms with Gasteiger partial charge in [-0.15, -0.1) is 0 Å². The molecule has 0 aliphatic heterocycles. The van der Waals surface area contributed by atoms with Gasteiger partial charge in [0.25, 0.3) is 0 Å². The molecule has 1 aromatic rings. The standard InChI is InChI=1S/C14H21BrN2O3/c1-14(2,3)20-13(19)17-8-9(7-16)10-5-4-6-11(15)12(10)18/h4-6,9,18H,7-8,16H2,1-3H3,(H,17,19). The zero-order valence-electron chi connectivity index (χ0n) is 11.9. The molecule has 0 aliphatic carbocycles. The van der Waals surface area contributed by atoms with Gasteiger partial charge in [0.05, 0.1) is 4.47 Å². The van der Waals surface area contributed by atoms with Gasteiger partial charge in [0.1, 0.15) is 11.4 Å². The summed E-state index contributed by atoms with van der Waals surface area (Å²) in [6, 6.07) is 5.34. The smallest absolute Gasteiger partial charge is 0.407 e. The largest absolute Gasteiger partial charge is 0.506 e. The minimum atomic E-state index is -0.541. The van der Waals surface area contributed by atoms with Gasteiger partial charge in [-0.25, -0.2) is 4.79 Å². The predicted molar refractivity (Wildman–Crippen MR) is 81.8 cm³/mol. The molecule has 1 aromatic carbocycles. The number of phenolic OH excluding ortho intramolecular Hbond substituents is 1. The van der Waals surface area contributed by atoms with Crippen LogP contribution in [0.2, 0.25) is 0 Å². The number of benzene rings is 1. The Kier molecular flexibility index (Phi) is 5.83. The summed E-state index contributed by atoms with van der Waals surface area (Å²) >= 11 is 3.26. The van der Waals surface area contributed by atoms with Crippen molar-refractivity contribution in [3.63, 3.8) is 0 Å². The van der Waals surface area contributed by atoms with Crippen molar-refractivity contribution in [1.29, 1.82) is 0 Å². The number of alkyl carbamates (subject to hydrolysis) is 1. The van der Waals surface area contributed by atoms with E-state index >= 15 is 0 Å². The summed E-state index contributed by atoms with van der Waals surface area (Å²) in [5, 5.41) is 12.7. The van der Waals surface area contributed by atoms with E-state index in [0.717, 1.165) is 0 Å². The van der Waals surface area contributed by atoms with Crippen molar-refractivity contribution in [2.45, 2.75) is 32.3 Å². The lowest BCUT2D eigenvalue weighted by Gasteiger charge is -2.22. The fraction of sp³-hybridized carbons (Fsp3) is 0.500. The van der Waals surface area contributed by atoms with Crippen LogP contribution in [0.4, 0.5) is 4.79 Å². The molecule has 0 aliphatic rings. The maximum absolute atomic E-state index is 11.6. The lowest BCUT2D eigenvalue weighted by Crippen LogP contribution is -2.36. The van der Waals surface area contributed by atoms with Gasteiger partial charge in [0.15, 0.2) is 0 Å². The molecule has 5 nitrogen and oxygen atoms in total. The fourth-order valence-corrected chi connectivity index (χ4v) is 2.08.